The molecule has 0 saturated heterocycles. The number of rotatable bonds is 7. The first-order chi connectivity index (χ1) is 11.7. The fraction of sp³-hybridized carbons (Fsp3) is 0.118. The van der Waals surface area contributed by atoms with Gasteiger partial charge in [0.1, 0.15) is 11.8 Å². The van der Waals surface area contributed by atoms with Crippen LogP contribution in [0.3, 0.4) is 0 Å². The molecule has 0 radical (unpaired) electrons. The highest BCUT2D eigenvalue weighted by atomic mass is 35.5. The lowest BCUT2D eigenvalue weighted by atomic mass is 10.2. The van der Waals surface area contributed by atoms with Crippen LogP contribution in [0.15, 0.2) is 58.5 Å². The van der Waals surface area contributed by atoms with E-state index in [9.17, 15) is 4.79 Å². The summed E-state index contributed by atoms with van der Waals surface area (Å²) in [6, 6.07) is 16.2. The molecule has 7 heteroatoms. The van der Waals surface area contributed by atoms with Gasteiger partial charge in [0.05, 0.1) is 12.0 Å². The Morgan fingerprint density at radius 2 is 1.96 bits per heavy atom. The number of halogens is 1. The quantitative estimate of drug-likeness (QED) is 0.466. The molecule has 0 spiro atoms. The highest BCUT2D eigenvalue weighted by molar-refractivity contribution is 8.00. The van der Waals surface area contributed by atoms with Crippen LogP contribution in [0, 0.1) is 11.3 Å². The standard InChI is InChI=1S/C17H14ClN3O2S/c18-14-3-7-16(8-4-14)24-12-17(22)21-20-11-13-1-5-15(6-2-13)23-10-9-19/h1-8,11H,10,12H2,(H,21,22)/b20-11-. The predicted molar refractivity (Wildman–Crippen MR) is 95.5 cm³/mol. The van der Waals surface area contributed by atoms with Crippen molar-refractivity contribution in [2.45, 2.75) is 4.90 Å². The van der Waals surface area contributed by atoms with Gasteiger partial charge in [0.2, 0.25) is 5.91 Å². The van der Waals surface area contributed by atoms with Crippen LogP contribution in [-0.2, 0) is 4.79 Å². The normalized spacial score (nSPS) is 10.3. The molecule has 2 aromatic carbocycles. The van der Waals surface area contributed by atoms with Crippen molar-refractivity contribution in [2.75, 3.05) is 12.4 Å². The van der Waals surface area contributed by atoms with E-state index >= 15 is 0 Å². The van der Waals surface area contributed by atoms with Gasteiger partial charge in [-0.05, 0) is 54.1 Å². The molecule has 0 bridgehead atoms. The average molecular weight is 360 g/mol. The minimum Gasteiger partial charge on any atom is -0.479 e. The van der Waals surface area contributed by atoms with E-state index in [1.807, 2.05) is 18.2 Å². The fourth-order valence-electron chi connectivity index (χ4n) is 1.66. The van der Waals surface area contributed by atoms with Crippen LogP contribution < -0.4 is 10.2 Å². The lowest BCUT2D eigenvalue weighted by Crippen LogP contribution is -2.19. The van der Waals surface area contributed by atoms with E-state index in [-0.39, 0.29) is 18.3 Å². The molecular weight excluding hydrogens is 346 g/mol. The van der Waals surface area contributed by atoms with E-state index in [1.165, 1.54) is 11.8 Å². The van der Waals surface area contributed by atoms with E-state index < -0.39 is 0 Å². The van der Waals surface area contributed by atoms with Gasteiger partial charge in [0.25, 0.3) is 0 Å². The molecule has 0 saturated carbocycles. The maximum absolute atomic E-state index is 11.7. The lowest BCUT2D eigenvalue weighted by Gasteiger charge is -2.02. The number of hydrazone groups is 1. The number of carbonyl (C=O) groups is 1. The Balaban J connectivity index is 1.75. The summed E-state index contributed by atoms with van der Waals surface area (Å²) in [4.78, 5) is 12.7. The number of carbonyl (C=O) groups excluding carboxylic acids is 1. The summed E-state index contributed by atoms with van der Waals surface area (Å²) < 4.78 is 5.15. The minimum atomic E-state index is -0.194. The van der Waals surface area contributed by atoms with E-state index in [0.29, 0.717) is 10.8 Å². The van der Waals surface area contributed by atoms with Crippen molar-refractivity contribution < 1.29 is 9.53 Å². The Labute approximate surface area is 149 Å². The molecule has 5 nitrogen and oxygen atoms in total. The zero-order valence-corrected chi connectivity index (χ0v) is 14.2. The van der Waals surface area contributed by atoms with E-state index in [2.05, 4.69) is 10.5 Å². The van der Waals surface area contributed by atoms with Crippen LogP contribution in [0.2, 0.25) is 5.02 Å². The third-order valence-corrected chi connectivity index (χ3v) is 4.03. The molecule has 0 fully saturated rings. The molecule has 0 heterocycles. The van der Waals surface area contributed by atoms with Gasteiger partial charge in [-0.1, -0.05) is 11.6 Å². The van der Waals surface area contributed by atoms with Crippen molar-refractivity contribution in [3.05, 3.63) is 59.1 Å². The SMILES string of the molecule is N#CCOc1ccc(/C=N\NC(=O)CSc2ccc(Cl)cc2)cc1. The second-order valence-electron chi connectivity index (χ2n) is 4.55. The molecule has 1 N–H and O–H groups in total. The molecule has 1 amide bonds. The van der Waals surface area contributed by atoms with Crippen molar-refractivity contribution in [1.29, 1.82) is 5.26 Å². The Morgan fingerprint density at radius 1 is 1.25 bits per heavy atom. The zero-order chi connectivity index (χ0) is 17.2. The molecule has 2 aromatic rings. The lowest BCUT2D eigenvalue weighted by molar-refractivity contribution is -0.118. The smallest absolute Gasteiger partial charge is 0.250 e. The zero-order valence-electron chi connectivity index (χ0n) is 12.6. The predicted octanol–water partition coefficient (Wildman–Crippen LogP) is 3.48. The van der Waals surface area contributed by atoms with Gasteiger partial charge in [-0.2, -0.15) is 10.4 Å². The van der Waals surface area contributed by atoms with Gasteiger partial charge < -0.3 is 4.74 Å². The van der Waals surface area contributed by atoms with Crippen LogP contribution in [0.5, 0.6) is 5.75 Å². The molecular formula is C17H14ClN3O2S. The summed E-state index contributed by atoms with van der Waals surface area (Å²) in [6.45, 7) is 0.00871. The van der Waals surface area contributed by atoms with Gasteiger partial charge >= 0.3 is 0 Å². The topological polar surface area (TPSA) is 74.5 Å². The van der Waals surface area contributed by atoms with Crippen LogP contribution in [0.4, 0.5) is 0 Å². The van der Waals surface area contributed by atoms with Gasteiger partial charge in [-0.15, -0.1) is 11.8 Å². The fourth-order valence-corrected chi connectivity index (χ4v) is 2.47. The number of nitrogens with zero attached hydrogens (tertiary/aromatic N) is 2. The average Bonchev–Trinajstić information content (AvgIpc) is 2.60. The summed E-state index contributed by atoms with van der Waals surface area (Å²) in [5.41, 5.74) is 3.28. The van der Waals surface area contributed by atoms with E-state index in [1.54, 1.807) is 42.6 Å². The molecule has 2 rings (SSSR count). The number of benzene rings is 2. The summed E-state index contributed by atoms with van der Waals surface area (Å²) in [5.74, 6) is 0.678. The van der Waals surface area contributed by atoms with Crippen molar-refractivity contribution in [1.82, 2.24) is 5.43 Å². The Bertz CT molecular complexity index is 740. The molecule has 0 aliphatic heterocycles. The third kappa shape index (κ3) is 6.32. The largest absolute Gasteiger partial charge is 0.479 e. The summed E-state index contributed by atoms with van der Waals surface area (Å²) >= 11 is 7.21. The number of nitriles is 1. The number of hydrogen-bond donors (Lipinski definition) is 1. The maximum atomic E-state index is 11.7. The highest BCUT2D eigenvalue weighted by Crippen LogP contribution is 2.19. The van der Waals surface area contributed by atoms with Crippen LogP contribution in [0.1, 0.15) is 5.56 Å². The van der Waals surface area contributed by atoms with Gasteiger partial charge in [-0.25, -0.2) is 5.43 Å². The number of hydrogen-bond acceptors (Lipinski definition) is 5. The van der Waals surface area contributed by atoms with Gasteiger partial charge in [-0.3, -0.25) is 4.79 Å². The number of amides is 1. The highest BCUT2D eigenvalue weighted by Gasteiger charge is 2.01. The summed E-state index contributed by atoms with van der Waals surface area (Å²) in [6.07, 6.45) is 1.54. The molecule has 0 aliphatic rings. The molecule has 0 atom stereocenters. The van der Waals surface area contributed by atoms with Crippen molar-refractivity contribution in [3.8, 4) is 11.8 Å². The molecule has 0 aromatic heterocycles. The molecule has 0 aliphatic carbocycles. The van der Waals surface area contributed by atoms with E-state index in [4.69, 9.17) is 21.6 Å². The minimum absolute atomic E-state index is 0.00871. The van der Waals surface area contributed by atoms with Crippen molar-refractivity contribution in [2.24, 2.45) is 5.10 Å². The Hall–Kier alpha value is -2.49. The first-order valence-electron chi connectivity index (χ1n) is 6.97. The maximum Gasteiger partial charge on any atom is 0.250 e. The van der Waals surface area contributed by atoms with Crippen LogP contribution >= 0.6 is 23.4 Å². The number of nitrogens with one attached hydrogen (secondary N) is 1. The summed E-state index contributed by atoms with van der Waals surface area (Å²) in [5, 5.41) is 13.0. The summed E-state index contributed by atoms with van der Waals surface area (Å²) in [7, 11) is 0. The Morgan fingerprint density at radius 3 is 2.62 bits per heavy atom. The molecule has 24 heavy (non-hydrogen) atoms. The third-order valence-electron chi connectivity index (χ3n) is 2.77. The van der Waals surface area contributed by atoms with Crippen LogP contribution in [0.25, 0.3) is 0 Å². The van der Waals surface area contributed by atoms with Gasteiger partial charge in [0, 0.05) is 9.92 Å². The van der Waals surface area contributed by atoms with E-state index in [0.717, 1.165) is 10.5 Å². The van der Waals surface area contributed by atoms with Crippen molar-refractivity contribution >= 4 is 35.5 Å². The second kappa shape index (κ2) is 9.60. The first kappa shape index (κ1) is 17.9. The Kier molecular flexibility index (Phi) is 7.15. The number of thioether (sulfide) groups is 1. The van der Waals surface area contributed by atoms with Crippen molar-refractivity contribution in [3.63, 3.8) is 0 Å². The van der Waals surface area contributed by atoms with Gasteiger partial charge in [0.15, 0.2) is 6.61 Å². The first-order valence-corrected chi connectivity index (χ1v) is 8.34. The monoisotopic (exact) mass is 359 g/mol. The second-order valence-corrected chi connectivity index (χ2v) is 6.04. The molecule has 122 valence electrons. The molecule has 0 unspecified atom stereocenters. The van der Waals surface area contributed by atoms with Crippen LogP contribution in [-0.4, -0.2) is 24.5 Å². The number of ether oxygens (including phenoxy) is 1.